The molecule has 2 N–H and O–H groups in total. The molecule has 5 heteroatoms. The average Bonchev–Trinajstić information content (AvgIpc) is 2.56. The summed E-state index contributed by atoms with van der Waals surface area (Å²) in [6.07, 6.45) is 1.80. The first-order valence-corrected chi connectivity index (χ1v) is 7.56. The van der Waals surface area contributed by atoms with Gasteiger partial charge >= 0.3 is 0 Å². The van der Waals surface area contributed by atoms with Gasteiger partial charge in [0.15, 0.2) is 0 Å². The minimum atomic E-state index is -0.435. The van der Waals surface area contributed by atoms with E-state index in [2.05, 4.69) is 34.6 Å². The number of rotatable bonds is 3. The molecule has 2 aromatic carbocycles. The number of nitrogens with one attached hydrogen (secondary N) is 1. The summed E-state index contributed by atoms with van der Waals surface area (Å²) in [5, 5.41) is 14.1. The summed E-state index contributed by atoms with van der Waals surface area (Å²) in [5.41, 5.74) is 5.56. The van der Waals surface area contributed by atoms with Gasteiger partial charge in [0.25, 0.3) is 5.91 Å². The fourth-order valence-corrected chi connectivity index (χ4v) is 3.03. The van der Waals surface area contributed by atoms with Gasteiger partial charge in [-0.3, -0.25) is 4.79 Å². The summed E-state index contributed by atoms with van der Waals surface area (Å²) in [4.78, 5) is 13.9. The highest BCUT2D eigenvalue weighted by Crippen LogP contribution is 2.34. The highest BCUT2D eigenvalue weighted by atomic mass is 16.4. The lowest BCUT2D eigenvalue weighted by Gasteiger charge is -2.29. The Labute approximate surface area is 135 Å². The first-order chi connectivity index (χ1) is 11.2. The molecule has 23 heavy (non-hydrogen) atoms. The fraction of sp³-hybridized carbons (Fsp3) is 0.222. The zero-order valence-corrected chi connectivity index (χ0v) is 13.0. The smallest absolute Gasteiger partial charge is 0.270 e. The molecule has 1 amide bonds. The standard InChI is InChI=1S/C18H19N3O2/c1-21-10-9-15-14(13-5-3-2-4-6-13)7-8-17(16(15)12-21)20-18(22)11-19-23/h2-8,11,23H,9-10,12H2,1H3,(H,20,22). The van der Waals surface area contributed by atoms with Crippen LogP contribution in [0.25, 0.3) is 11.1 Å². The predicted octanol–water partition coefficient (Wildman–Crippen LogP) is 2.74. The molecule has 118 valence electrons. The van der Waals surface area contributed by atoms with Crippen molar-refractivity contribution < 1.29 is 10.0 Å². The number of fused-ring (bicyclic) bond motifs is 1. The molecule has 1 aliphatic heterocycles. The highest BCUT2D eigenvalue weighted by Gasteiger charge is 2.21. The van der Waals surface area contributed by atoms with Crippen LogP contribution in [0.4, 0.5) is 5.69 Å². The molecule has 1 heterocycles. The number of hydrogen-bond acceptors (Lipinski definition) is 4. The van der Waals surface area contributed by atoms with Crippen molar-refractivity contribution in [3.63, 3.8) is 0 Å². The molecular formula is C18H19N3O2. The monoisotopic (exact) mass is 309 g/mol. The second kappa shape index (κ2) is 6.62. The van der Waals surface area contributed by atoms with E-state index in [1.54, 1.807) is 0 Å². The minimum absolute atomic E-state index is 0.435. The van der Waals surface area contributed by atoms with Crippen molar-refractivity contribution in [2.75, 3.05) is 18.9 Å². The number of nitrogens with zero attached hydrogens (tertiary/aromatic N) is 2. The molecule has 0 bridgehead atoms. The van der Waals surface area contributed by atoms with Gasteiger partial charge in [-0.1, -0.05) is 41.6 Å². The van der Waals surface area contributed by atoms with E-state index in [1.165, 1.54) is 16.7 Å². The molecule has 0 aromatic heterocycles. The molecule has 3 rings (SSSR count). The third-order valence-corrected chi connectivity index (χ3v) is 4.12. The van der Waals surface area contributed by atoms with Crippen molar-refractivity contribution in [1.82, 2.24) is 4.90 Å². The lowest BCUT2D eigenvalue weighted by atomic mass is 9.89. The lowest BCUT2D eigenvalue weighted by molar-refractivity contribution is -0.110. The summed E-state index contributed by atoms with van der Waals surface area (Å²) < 4.78 is 0. The number of amides is 1. The molecule has 0 saturated carbocycles. The van der Waals surface area contributed by atoms with Gasteiger partial charge in [-0.05, 0) is 41.8 Å². The number of benzene rings is 2. The maximum atomic E-state index is 11.7. The fourth-order valence-electron chi connectivity index (χ4n) is 3.03. The molecule has 5 nitrogen and oxygen atoms in total. The van der Waals surface area contributed by atoms with Gasteiger partial charge in [-0.15, -0.1) is 0 Å². The van der Waals surface area contributed by atoms with Gasteiger partial charge in [0, 0.05) is 18.8 Å². The molecule has 0 unspecified atom stereocenters. The molecule has 0 fully saturated rings. The van der Waals surface area contributed by atoms with Crippen LogP contribution in [0.5, 0.6) is 0 Å². The highest BCUT2D eigenvalue weighted by molar-refractivity contribution is 6.31. The Morgan fingerprint density at radius 2 is 2.00 bits per heavy atom. The van der Waals surface area contributed by atoms with Gasteiger partial charge in [0.05, 0.1) is 0 Å². The topological polar surface area (TPSA) is 64.9 Å². The van der Waals surface area contributed by atoms with Crippen LogP contribution < -0.4 is 5.32 Å². The Bertz CT molecular complexity index is 741. The Balaban J connectivity index is 2.05. The van der Waals surface area contributed by atoms with Crippen molar-refractivity contribution >= 4 is 17.8 Å². The van der Waals surface area contributed by atoms with E-state index in [9.17, 15) is 4.79 Å². The van der Waals surface area contributed by atoms with Crippen LogP contribution in [0.3, 0.4) is 0 Å². The summed E-state index contributed by atoms with van der Waals surface area (Å²) in [6, 6.07) is 14.2. The zero-order chi connectivity index (χ0) is 16.2. The molecule has 0 spiro atoms. The molecule has 1 aliphatic rings. The largest absolute Gasteiger partial charge is 0.411 e. The van der Waals surface area contributed by atoms with E-state index in [4.69, 9.17) is 5.21 Å². The average molecular weight is 309 g/mol. The Hall–Kier alpha value is -2.66. The maximum absolute atomic E-state index is 11.7. The summed E-state index contributed by atoms with van der Waals surface area (Å²) in [5.74, 6) is -0.435. The number of carbonyl (C=O) groups excluding carboxylic acids is 1. The van der Waals surface area contributed by atoms with Gasteiger partial charge in [-0.2, -0.15) is 0 Å². The molecule has 0 saturated heterocycles. The van der Waals surface area contributed by atoms with Gasteiger partial charge < -0.3 is 15.4 Å². The second-order valence-corrected chi connectivity index (χ2v) is 5.71. The number of hydrogen-bond donors (Lipinski definition) is 2. The molecule has 0 radical (unpaired) electrons. The van der Waals surface area contributed by atoms with Crippen molar-refractivity contribution in [3.8, 4) is 11.1 Å². The maximum Gasteiger partial charge on any atom is 0.270 e. The van der Waals surface area contributed by atoms with Crippen LogP contribution in [0.15, 0.2) is 47.6 Å². The zero-order valence-electron chi connectivity index (χ0n) is 13.0. The quantitative estimate of drug-likeness (QED) is 0.520. The van der Waals surface area contributed by atoms with Gasteiger partial charge in [0.2, 0.25) is 0 Å². The van der Waals surface area contributed by atoms with Crippen molar-refractivity contribution in [2.24, 2.45) is 5.16 Å². The number of carbonyl (C=O) groups is 1. The SMILES string of the molecule is CN1CCc2c(-c3ccccc3)ccc(NC(=O)C=NO)c2C1. The van der Waals surface area contributed by atoms with Gasteiger partial charge in [0.1, 0.15) is 6.21 Å². The molecule has 2 aromatic rings. The van der Waals surface area contributed by atoms with E-state index in [0.717, 1.165) is 37.0 Å². The molecular weight excluding hydrogens is 290 g/mol. The first-order valence-electron chi connectivity index (χ1n) is 7.56. The van der Waals surface area contributed by atoms with Crippen LogP contribution in [0.2, 0.25) is 0 Å². The van der Waals surface area contributed by atoms with Crippen LogP contribution in [-0.2, 0) is 17.8 Å². The molecule has 0 atom stereocenters. The van der Waals surface area contributed by atoms with E-state index in [1.807, 2.05) is 30.3 Å². The van der Waals surface area contributed by atoms with E-state index in [0.29, 0.717) is 0 Å². The van der Waals surface area contributed by atoms with Crippen molar-refractivity contribution in [1.29, 1.82) is 0 Å². The van der Waals surface area contributed by atoms with Gasteiger partial charge in [-0.25, -0.2) is 0 Å². The number of oxime groups is 1. The van der Waals surface area contributed by atoms with Crippen LogP contribution in [0.1, 0.15) is 11.1 Å². The van der Waals surface area contributed by atoms with Crippen molar-refractivity contribution in [2.45, 2.75) is 13.0 Å². The summed E-state index contributed by atoms with van der Waals surface area (Å²) in [7, 11) is 2.07. The van der Waals surface area contributed by atoms with Crippen LogP contribution >= 0.6 is 0 Å². The van der Waals surface area contributed by atoms with E-state index >= 15 is 0 Å². The van der Waals surface area contributed by atoms with E-state index < -0.39 is 5.91 Å². The van der Waals surface area contributed by atoms with Crippen molar-refractivity contribution in [3.05, 3.63) is 53.6 Å². The molecule has 0 aliphatic carbocycles. The number of likely N-dealkylation sites (N-methyl/N-ethyl adjacent to an activating group) is 1. The lowest BCUT2D eigenvalue weighted by Crippen LogP contribution is -2.28. The first kappa shape index (κ1) is 15.2. The Morgan fingerprint density at radius 1 is 1.22 bits per heavy atom. The predicted molar refractivity (Wildman–Crippen MR) is 90.8 cm³/mol. The van der Waals surface area contributed by atoms with E-state index in [-0.39, 0.29) is 0 Å². The number of anilines is 1. The third kappa shape index (κ3) is 3.24. The Morgan fingerprint density at radius 3 is 2.74 bits per heavy atom. The second-order valence-electron chi connectivity index (χ2n) is 5.71. The Kier molecular flexibility index (Phi) is 4.39. The normalized spacial score (nSPS) is 14.7. The van der Waals surface area contributed by atoms with Crippen LogP contribution in [-0.4, -0.2) is 35.8 Å². The third-order valence-electron chi connectivity index (χ3n) is 4.12. The minimum Gasteiger partial charge on any atom is -0.411 e. The summed E-state index contributed by atoms with van der Waals surface area (Å²) in [6.45, 7) is 1.77. The summed E-state index contributed by atoms with van der Waals surface area (Å²) >= 11 is 0. The van der Waals surface area contributed by atoms with Crippen LogP contribution in [0, 0.1) is 0 Å².